The van der Waals surface area contributed by atoms with Crippen molar-refractivity contribution in [1.82, 2.24) is 10.3 Å². The van der Waals surface area contributed by atoms with Gasteiger partial charge in [0.05, 0.1) is 5.69 Å². The molecule has 0 saturated heterocycles. The van der Waals surface area contributed by atoms with Crippen LogP contribution in [0.4, 0.5) is 0 Å². The van der Waals surface area contributed by atoms with Crippen molar-refractivity contribution < 1.29 is 32.1 Å². The van der Waals surface area contributed by atoms with Gasteiger partial charge in [0.1, 0.15) is 0 Å². The Kier molecular flexibility index (Phi) is 11.8. The minimum atomic E-state index is -1.08. The summed E-state index contributed by atoms with van der Waals surface area (Å²) >= 11 is 4.31. The van der Waals surface area contributed by atoms with Gasteiger partial charge in [0.25, 0.3) is 0 Å². The molecule has 0 fully saturated rings. The van der Waals surface area contributed by atoms with Crippen LogP contribution in [0.2, 0.25) is 0 Å². The number of nitrogens with zero attached hydrogens (tertiary/aromatic N) is 1. The summed E-state index contributed by atoms with van der Waals surface area (Å²) in [5, 5.41) is 24.0. The van der Waals surface area contributed by atoms with Crippen LogP contribution in [-0.2, 0) is 35.0 Å². The summed E-state index contributed by atoms with van der Waals surface area (Å²) in [5.74, 6) is -0.968. The quantitative estimate of drug-likeness (QED) is 0.432. The number of carbonyl (C=O) groups excluding carboxylic acids is 1. The predicted octanol–water partition coefficient (Wildman–Crippen LogP) is 1.41. The SMILES string of the molecule is CC(=O)[O-].[Cu+2].[O-]c1c(I)cc(I)cc1CNCc1ccccn1. The van der Waals surface area contributed by atoms with Gasteiger partial charge >= 0.3 is 17.1 Å². The van der Waals surface area contributed by atoms with E-state index in [0.29, 0.717) is 13.1 Å². The smallest absolute Gasteiger partial charge is 0.872 e. The van der Waals surface area contributed by atoms with Crippen LogP contribution < -0.4 is 15.5 Å². The molecule has 0 atom stereocenters. The van der Waals surface area contributed by atoms with E-state index in [0.717, 1.165) is 25.3 Å². The number of carboxylic acid groups (broad SMARTS) is 1. The van der Waals surface area contributed by atoms with E-state index in [9.17, 15) is 5.11 Å². The number of rotatable bonds is 4. The number of nitrogens with one attached hydrogen (secondary N) is 1. The molecule has 5 nitrogen and oxygen atoms in total. The van der Waals surface area contributed by atoms with E-state index in [2.05, 4.69) is 55.5 Å². The van der Waals surface area contributed by atoms with E-state index in [1.165, 1.54) is 0 Å². The molecule has 127 valence electrons. The Bertz CT molecular complexity index is 624. The van der Waals surface area contributed by atoms with Gasteiger partial charge in [-0.15, -0.1) is 0 Å². The third-order valence-corrected chi connectivity index (χ3v) is 3.86. The predicted molar refractivity (Wildman–Crippen MR) is 96.8 cm³/mol. The van der Waals surface area contributed by atoms with Crippen LogP contribution in [0.3, 0.4) is 0 Å². The molecular weight excluding hydrogens is 574 g/mol. The fourth-order valence-corrected chi connectivity index (χ4v) is 3.54. The third-order valence-electron chi connectivity index (χ3n) is 2.43. The summed E-state index contributed by atoms with van der Waals surface area (Å²) in [7, 11) is 0. The second kappa shape index (κ2) is 12.0. The molecule has 0 spiro atoms. The molecule has 1 N–H and O–H groups in total. The minimum absolute atomic E-state index is 0. The van der Waals surface area contributed by atoms with E-state index >= 15 is 0 Å². The molecule has 23 heavy (non-hydrogen) atoms. The van der Waals surface area contributed by atoms with Gasteiger partial charge in [-0.2, -0.15) is 0 Å². The van der Waals surface area contributed by atoms with E-state index in [-0.39, 0.29) is 22.8 Å². The average Bonchev–Trinajstić information content (AvgIpc) is 2.44. The minimum Gasteiger partial charge on any atom is -0.872 e. The maximum Gasteiger partial charge on any atom is 2.00 e. The summed E-state index contributed by atoms with van der Waals surface area (Å²) in [6.45, 7) is 2.21. The molecule has 0 aliphatic carbocycles. The van der Waals surface area contributed by atoms with E-state index in [4.69, 9.17) is 9.90 Å². The van der Waals surface area contributed by atoms with Crippen molar-refractivity contribution in [2.45, 2.75) is 20.0 Å². The molecule has 0 aliphatic heterocycles. The first-order chi connectivity index (χ1) is 10.4. The Morgan fingerprint density at radius 2 is 1.91 bits per heavy atom. The second-order valence-electron chi connectivity index (χ2n) is 4.29. The van der Waals surface area contributed by atoms with Crippen molar-refractivity contribution in [2.75, 3.05) is 0 Å². The Labute approximate surface area is 173 Å². The fourth-order valence-electron chi connectivity index (χ4n) is 1.57. The molecule has 2 rings (SSSR count). The van der Waals surface area contributed by atoms with Crippen LogP contribution in [0.5, 0.6) is 5.75 Å². The Hall–Kier alpha value is -0.421. The number of aromatic nitrogens is 1. The zero-order valence-corrected chi connectivity index (χ0v) is 17.4. The first-order valence-electron chi connectivity index (χ1n) is 6.33. The van der Waals surface area contributed by atoms with E-state index in [1.54, 1.807) is 6.20 Å². The number of hydrogen-bond acceptors (Lipinski definition) is 5. The molecule has 0 saturated carbocycles. The largest absolute Gasteiger partial charge is 2.00 e. The van der Waals surface area contributed by atoms with Crippen molar-refractivity contribution >= 4 is 51.2 Å². The molecule has 1 aromatic heterocycles. The number of hydrogen-bond donors (Lipinski definition) is 1. The molecule has 8 heteroatoms. The Morgan fingerprint density at radius 1 is 1.26 bits per heavy atom. The van der Waals surface area contributed by atoms with Crippen LogP contribution in [0.25, 0.3) is 0 Å². The van der Waals surface area contributed by atoms with Crippen LogP contribution in [-0.4, -0.2) is 11.0 Å². The molecule has 1 radical (unpaired) electrons. The fraction of sp³-hybridized carbons (Fsp3) is 0.200. The number of carboxylic acids is 1. The van der Waals surface area contributed by atoms with Crippen molar-refractivity contribution in [2.24, 2.45) is 0 Å². The molecule has 0 bridgehead atoms. The topological polar surface area (TPSA) is 88.1 Å². The van der Waals surface area contributed by atoms with Crippen molar-refractivity contribution in [3.8, 4) is 5.75 Å². The Balaban J connectivity index is 0.000000871. The standard InChI is InChI=1S/C13H12I2N2O.C2H4O2.Cu/c14-10-5-9(13(18)12(15)6-10)7-16-8-11-3-1-2-4-17-11;1-2(3)4;/h1-6,16,18H,7-8H2;1H3,(H,3,4);/q;;+2/p-2. The molecule has 2 aromatic rings. The average molecular weight is 588 g/mol. The first-order valence-corrected chi connectivity index (χ1v) is 8.49. The van der Waals surface area contributed by atoms with Gasteiger partial charge in [-0.3, -0.25) is 4.98 Å². The zero-order valence-electron chi connectivity index (χ0n) is 12.1. The molecule has 1 aromatic carbocycles. The summed E-state index contributed by atoms with van der Waals surface area (Å²) in [4.78, 5) is 13.1. The number of halogens is 2. The summed E-state index contributed by atoms with van der Waals surface area (Å²) in [6.07, 6.45) is 1.77. The van der Waals surface area contributed by atoms with Crippen LogP contribution >= 0.6 is 45.2 Å². The normalized spacial score (nSPS) is 9.35. The first kappa shape index (κ1) is 22.6. The summed E-state index contributed by atoms with van der Waals surface area (Å²) in [5.41, 5.74) is 1.78. The van der Waals surface area contributed by atoms with Gasteiger partial charge in [-0.1, -0.05) is 11.8 Å². The molecule has 0 unspecified atom stereocenters. The number of aliphatic carboxylic acids is 1. The van der Waals surface area contributed by atoms with Crippen LogP contribution in [0, 0.1) is 7.14 Å². The van der Waals surface area contributed by atoms with Gasteiger partial charge in [0, 0.05) is 32.4 Å². The molecule has 1 heterocycles. The molecular formula is C15H14CuI2N2O3. The maximum absolute atomic E-state index is 11.9. The van der Waals surface area contributed by atoms with Crippen molar-refractivity contribution in [1.29, 1.82) is 0 Å². The number of benzene rings is 1. The van der Waals surface area contributed by atoms with Gasteiger partial charge in [-0.25, -0.2) is 0 Å². The van der Waals surface area contributed by atoms with Gasteiger partial charge < -0.3 is 20.3 Å². The molecule has 0 aliphatic rings. The second-order valence-corrected chi connectivity index (χ2v) is 6.70. The monoisotopic (exact) mass is 587 g/mol. The van der Waals surface area contributed by atoms with Gasteiger partial charge in [0.2, 0.25) is 0 Å². The summed E-state index contributed by atoms with van der Waals surface area (Å²) in [6, 6.07) is 9.63. The number of pyridine rings is 1. The number of carbonyl (C=O) groups is 1. The molecule has 0 amide bonds. The van der Waals surface area contributed by atoms with E-state index in [1.807, 2.05) is 30.3 Å². The van der Waals surface area contributed by atoms with E-state index < -0.39 is 5.97 Å². The maximum atomic E-state index is 11.9. The van der Waals surface area contributed by atoms with Gasteiger partial charge in [0.15, 0.2) is 0 Å². The zero-order chi connectivity index (χ0) is 16.5. The van der Waals surface area contributed by atoms with Crippen molar-refractivity contribution in [3.63, 3.8) is 0 Å². The van der Waals surface area contributed by atoms with Crippen LogP contribution in [0.15, 0.2) is 36.5 Å². The van der Waals surface area contributed by atoms with Crippen LogP contribution in [0.1, 0.15) is 18.2 Å². The third kappa shape index (κ3) is 9.46. The van der Waals surface area contributed by atoms with Gasteiger partial charge in [-0.05, 0) is 81.9 Å². The summed E-state index contributed by atoms with van der Waals surface area (Å²) < 4.78 is 1.86. The Morgan fingerprint density at radius 3 is 2.48 bits per heavy atom. The van der Waals surface area contributed by atoms with Crippen molar-refractivity contribution in [3.05, 3.63) is 54.9 Å².